The summed E-state index contributed by atoms with van der Waals surface area (Å²) in [5.74, 6) is -0.604. The molecule has 0 aliphatic rings. The minimum absolute atomic E-state index is 0.175. The van der Waals surface area contributed by atoms with Crippen molar-refractivity contribution < 1.29 is 15.0 Å². The molecule has 0 amide bonds. The van der Waals surface area contributed by atoms with E-state index in [0.717, 1.165) is 12.0 Å². The highest BCUT2D eigenvalue weighted by molar-refractivity contribution is 6.30. The molecule has 1 aromatic carbocycles. The number of unbranched alkanes of at least 4 members (excludes halogenated alkanes) is 1. The number of aliphatic carboxylic acids is 1. The van der Waals surface area contributed by atoms with Crippen molar-refractivity contribution in [1.29, 1.82) is 0 Å². The van der Waals surface area contributed by atoms with Gasteiger partial charge >= 0.3 is 5.97 Å². The second kappa shape index (κ2) is 5.61. The highest BCUT2D eigenvalue weighted by Crippen LogP contribution is 2.23. The van der Waals surface area contributed by atoms with Crippen LogP contribution in [0.3, 0.4) is 0 Å². The molecule has 82 valence electrons. The molecule has 0 saturated heterocycles. The summed E-state index contributed by atoms with van der Waals surface area (Å²) in [7, 11) is 0. The van der Waals surface area contributed by atoms with E-state index in [9.17, 15) is 9.90 Å². The molecule has 0 fully saturated rings. The summed E-state index contributed by atoms with van der Waals surface area (Å²) in [6.45, 7) is 0. The molecule has 1 rings (SSSR count). The van der Waals surface area contributed by atoms with Crippen molar-refractivity contribution in [3.63, 3.8) is 0 Å². The van der Waals surface area contributed by atoms with E-state index in [1.165, 1.54) is 6.07 Å². The fourth-order valence-electron chi connectivity index (χ4n) is 1.34. The zero-order valence-corrected chi connectivity index (χ0v) is 9.00. The Kier molecular flexibility index (Phi) is 4.43. The molecule has 4 heteroatoms. The lowest BCUT2D eigenvalue weighted by Crippen LogP contribution is -1.95. The summed E-state index contributed by atoms with van der Waals surface area (Å²) < 4.78 is 0. The lowest BCUT2D eigenvalue weighted by molar-refractivity contribution is -0.137. The van der Waals surface area contributed by atoms with Crippen LogP contribution in [0.4, 0.5) is 0 Å². The number of aromatic hydroxyl groups is 1. The lowest BCUT2D eigenvalue weighted by atomic mass is 10.1. The molecule has 0 unspecified atom stereocenters. The quantitative estimate of drug-likeness (QED) is 0.762. The third-order valence-electron chi connectivity index (χ3n) is 2.13. The fraction of sp³-hybridized carbons (Fsp3) is 0.364. The van der Waals surface area contributed by atoms with Gasteiger partial charge < -0.3 is 10.2 Å². The van der Waals surface area contributed by atoms with E-state index in [2.05, 4.69) is 0 Å². The SMILES string of the molecule is O=C(O)CCCCc1ccc(Cl)cc1O. The summed E-state index contributed by atoms with van der Waals surface area (Å²) >= 11 is 5.68. The van der Waals surface area contributed by atoms with Gasteiger partial charge in [0.1, 0.15) is 5.75 Å². The predicted octanol–water partition coefficient (Wildman–Crippen LogP) is 2.84. The first-order chi connectivity index (χ1) is 7.09. The van der Waals surface area contributed by atoms with Gasteiger partial charge in [0, 0.05) is 11.4 Å². The van der Waals surface area contributed by atoms with Gasteiger partial charge in [-0.3, -0.25) is 4.79 Å². The summed E-state index contributed by atoms with van der Waals surface area (Å²) in [6.07, 6.45) is 2.23. The maximum absolute atomic E-state index is 10.3. The molecule has 0 spiro atoms. The molecule has 15 heavy (non-hydrogen) atoms. The summed E-state index contributed by atoms with van der Waals surface area (Å²) in [5.41, 5.74) is 0.810. The number of hydrogen-bond acceptors (Lipinski definition) is 2. The van der Waals surface area contributed by atoms with Gasteiger partial charge in [-0.1, -0.05) is 17.7 Å². The Morgan fingerprint density at radius 1 is 1.33 bits per heavy atom. The van der Waals surface area contributed by atoms with E-state index in [0.29, 0.717) is 17.9 Å². The molecule has 3 nitrogen and oxygen atoms in total. The molecule has 0 aliphatic carbocycles. The summed E-state index contributed by atoms with van der Waals surface area (Å²) in [4.78, 5) is 10.3. The molecule has 0 aromatic heterocycles. The number of halogens is 1. The first-order valence-corrected chi connectivity index (χ1v) is 5.16. The van der Waals surface area contributed by atoms with Crippen molar-refractivity contribution in [2.45, 2.75) is 25.7 Å². The molecule has 1 aromatic rings. The number of phenols is 1. The van der Waals surface area contributed by atoms with Gasteiger partial charge in [0.15, 0.2) is 0 Å². The maximum Gasteiger partial charge on any atom is 0.303 e. The van der Waals surface area contributed by atoms with Crippen molar-refractivity contribution in [1.82, 2.24) is 0 Å². The van der Waals surface area contributed by atoms with Gasteiger partial charge in [0.25, 0.3) is 0 Å². The van der Waals surface area contributed by atoms with Crippen LogP contribution in [0.15, 0.2) is 18.2 Å². The Labute approximate surface area is 93.3 Å². The maximum atomic E-state index is 10.3. The van der Waals surface area contributed by atoms with Crippen molar-refractivity contribution >= 4 is 17.6 Å². The van der Waals surface area contributed by atoms with E-state index in [4.69, 9.17) is 16.7 Å². The van der Waals surface area contributed by atoms with Crippen LogP contribution in [-0.2, 0) is 11.2 Å². The number of carboxylic acid groups (broad SMARTS) is 1. The van der Waals surface area contributed by atoms with Crippen LogP contribution in [0.5, 0.6) is 5.75 Å². The van der Waals surface area contributed by atoms with Gasteiger partial charge in [-0.2, -0.15) is 0 Å². The smallest absolute Gasteiger partial charge is 0.303 e. The van der Waals surface area contributed by atoms with E-state index >= 15 is 0 Å². The van der Waals surface area contributed by atoms with Crippen LogP contribution in [0.1, 0.15) is 24.8 Å². The average molecular weight is 229 g/mol. The summed E-state index contributed by atoms with van der Waals surface area (Å²) in [5, 5.41) is 18.4. The lowest BCUT2D eigenvalue weighted by Gasteiger charge is -2.03. The number of carbonyl (C=O) groups is 1. The van der Waals surface area contributed by atoms with Crippen LogP contribution in [-0.4, -0.2) is 16.2 Å². The molecule has 0 atom stereocenters. The predicted molar refractivity (Wildman–Crippen MR) is 58.3 cm³/mol. The monoisotopic (exact) mass is 228 g/mol. The number of phenolic OH excluding ortho intramolecular Hbond substituents is 1. The van der Waals surface area contributed by atoms with Crippen molar-refractivity contribution in [3.8, 4) is 5.75 Å². The molecule has 2 N–H and O–H groups in total. The van der Waals surface area contributed by atoms with E-state index in [1.54, 1.807) is 12.1 Å². The van der Waals surface area contributed by atoms with Gasteiger partial charge in [0.05, 0.1) is 0 Å². The average Bonchev–Trinajstić information content (AvgIpc) is 2.14. The molecule has 0 radical (unpaired) electrons. The van der Waals surface area contributed by atoms with Crippen LogP contribution >= 0.6 is 11.6 Å². The fourth-order valence-corrected chi connectivity index (χ4v) is 1.51. The molecular formula is C11H13ClO3. The third kappa shape index (κ3) is 4.21. The van der Waals surface area contributed by atoms with Gasteiger partial charge in [-0.15, -0.1) is 0 Å². The first kappa shape index (κ1) is 11.9. The minimum Gasteiger partial charge on any atom is -0.508 e. The Morgan fingerprint density at radius 3 is 2.67 bits per heavy atom. The number of aryl methyl sites for hydroxylation is 1. The number of rotatable bonds is 5. The van der Waals surface area contributed by atoms with E-state index in [-0.39, 0.29) is 12.2 Å². The molecular weight excluding hydrogens is 216 g/mol. The van der Waals surface area contributed by atoms with Gasteiger partial charge in [0.2, 0.25) is 0 Å². The number of benzene rings is 1. The second-order valence-electron chi connectivity index (χ2n) is 3.37. The van der Waals surface area contributed by atoms with Gasteiger partial charge in [-0.05, 0) is 37.0 Å². The molecule has 0 saturated carbocycles. The Bertz CT molecular complexity index is 350. The second-order valence-corrected chi connectivity index (χ2v) is 3.81. The largest absolute Gasteiger partial charge is 0.508 e. The topological polar surface area (TPSA) is 57.5 Å². The van der Waals surface area contributed by atoms with Gasteiger partial charge in [-0.25, -0.2) is 0 Å². The number of carboxylic acids is 1. The summed E-state index contributed by atoms with van der Waals surface area (Å²) in [6, 6.07) is 4.97. The van der Waals surface area contributed by atoms with Crippen molar-refractivity contribution in [2.24, 2.45) is 0 Å². The molecule has 0 aliphatic heterocycles. The van der Waals surface area contributed by atoms with Crippen LogP contribution in [0.25, 0.3) is 0 Å². The van der Waals surface area contributed by atoms with Crippen LogP contribution in [0, 0.1) is 0 Å². The molecule has 0 bridgehead atoms. The minimum atomic E-state index is -0.782. The van der Waals surface area contributed by atoms with Crippen molar-refractivity contribution in [3.05, 3.63) is 28.8 Å². The van der Waals surface area contributed by atoms with Crippen molar-refractivity contribution in [2.75, 3.05) is 0 Å². The highest BCUT2D eigenvalue weighted by atomic mass is 35.5. The number of hydrogen-bond donors (Lipinski definition) is 2. The Hall–Kier alpha value is -1.22. The van der Waals surface area contributed by atoms with Crippen LogP contribution in [0.2, 0.25) is 5.02 Å². The first-order valence-electron chi connectivity index (χ1n) is 4.79. The standard InChI is InChI=1S/C11H13ClO3/c12-9-6-5-8(10(13)7-9)3-1-2-4-11(14)15/h5-7,13H,1-4H2,(H,14,15). The Morgan fingerprint density at radius 2 is 2.07 bits per heavy atom. The Balaban J connectivity index is 2.40. The van der Waals surface area contributed by atoms with E-state index in [1.807, 2.05) is 0 Å². The zero-order chi connectivity index (χ0) is 11.3. The van der Waals surface area contributed by atoms with E-state index < -0.39 is 5.97 Å². The normalized spacial score (nSPS) is 10.2. The zero-order valence-electron chi connectivity index (χ0n) is 8.24. The van der Waals surface area contributed by atoms with Crippen LogP contribution < -0.4 is 0 Å². The third-order valence-corrected chi connectivity index (χ3v) is 2.37. The molecule has 0 heterocycles. The highest BCUT2D eigenvalue weighted by Gasteiger charge is 2.02.